The number of hydrogen-bond donors (Lipinski definition) is 0. The zero-order chi connectivity index (χ0) is 43.0. The first-order valence-corrected chi connectivity index (χ1v) is 23.5. The van der Waals surface area contributed by atoms with Gasteiger partial charge in [-0.3, -0.25) is 4.99 Å². The van der Waals surface area contributed by atoms with Crippen molar-refractivity contribution >= 4 is 97.2 Å². The van der Waals surface area contributed by atoms with Gasteiger partial charge >= 0.3 is 0 Å². The van der Waals surface area contributed by atoms with E-state index in [4.69, 9.17) is 9.98 Å². The second-order valence-electron chi connectivity index (χ2n) is 17.7. The molecule has 1 aliphatic rings. The van der Waals surface area contributed by atoms with Crippen LogP contribution in [0.15, 0.2) is 216 Å². The minimum Gasteiger partial charge on any atom is -0.309 e. The Balaban J connectivity index is 1.05. The molecule has 3 nitrogen and oxygen atoms in total. The molecule has 65 heavy (non-hydrogen) atoms. The Hall–Kier alpha value is -7.66. The van der Waals surface area contributed by atoms with E-state index in [0.29, 0.717) is 0 Å². The van der Waals surface area contributed by atoms with Crippen molar-refractivity contribution in [2.75, 3.05) is 0 Å². The minimum atomic E-state index is -0.0766. The van der Waals surface area contributed by atoms with E-state index in [-0.39, 0.29) is 12.0 Å². The van der Waals surface area contributed by atoms with Gasteiger partial charge in [0.15, 0.2) is 5.84 Å². The maximum Gasteiger partial charge on any atom is 0.155 e. The predicted molar refractivity (Wildman–Crippen MR) is 279 cm³/mol. The molecule has 0 spiro atoms. The summed E-state index contributed by atoms with van der Waals surface area (Å²) < 4.78 is 5.02. The van der Waals surface area contributed by atoms with Crippen molar-refractivity contribution in [1.29, 1.82) is 0 Å². The van der Waals surface area contributed by atoms with Crippen LogP contribution < -0.4 is 0 Å². The Labute approximate surface area is 381 Å². The van der Waals surface area contributed by atoms with Crippen molar-refractivity contribution in [3.63, 3.8) is 0 Å². The lowest BCUT2D eigenvalue weighted by atomic mass is 9.87. The highest BCUT2D eigenvalue weighted by Gasteiger charge is 2.27. The van der Waals surface area contributed by atoms with Crippen LogP contribution in [0, 0.1) is 5.92 Å². The molecule has 2 atom stereocenters. The highest BCUT2D eigenvalue weighted by molar-refractivity contribution is 7.26. The summed E-state index contributed by atoms with van der Waals surface area (Å²) in [6.07, 6.45) is 1.75. The SMILES string of the molecule is C[C@@H]1CCC(c2cc(-n3c4ccccc4c4cc5ccccc5cc43)cc3sc4ccccc4c23)=NC(c2cccc(-c3ccccc3)c2)=NC1c1ccc2c(ccc3ccccc32)c1. The topological polar surface area (TPSA) is 29.6 Å². The van der Waals surface area contributed by atoms with Gasteiger partial charge in [-0.15, -0.1) is 11.3 Å². The van der Waals surface area contributed by atoms with Gasteiger partial charge in [-0.1, -0.05) is 165 Å². The maximum atomic E-state index is 5.81. The normalized spacial score (nSPS) is 15.8. The van der Waals surface area contributed by atoms with Gasteiger partial charge in [0.25, 0.3) is 0 Å². The van der Waals surface area contributed by atoms with Crippen molar-refractivity contribution < 1.29 is 0 Å². The molecule has 12 aromatic rings. The Bertz CT molecular complexity index is 3930. The number of aromatic nitrogens is 1. The van der Waals surface area contributed by atoms with E-state index in [1.807, 2.05) is 11.3 Å². The molecule has 1 unspecified atom stereocenters. The molecule has 0 fully saturated rings. The highest BCUT2D eigenvalue weighted by atomic mass is 32.1. The van der Waals surface area contributed by atoms with Crippen molar-refractivity contribution in [2.45, 2.75) is 25.8 Å². The van der Waals surface area contributed by atoms with Crippen LogP contribution in [0.4, 0.5) is 0 Å². The summed E-state index contributed by atoms with van der Waals surface area (Å²) in [7, 11) is 0. The average Bonchev–Trinajstić information content (AvgIpc) is 3.90. The lowest BCUT2D eigenvalue weighted by Gasteiger charge is -2.26. The van der Waals surface area contributed by atoms with Gasteiger partial charge in [0, 0.05) is 47.8 Å². The second-order valence-corrected chi connectivity index (χ2v) is 18.8. The van der Waals surface area contributed by atoms with Crippen LogP contribution in [0.3, 0.4) is 0 Å². The quantitative estimate of drug-likeness (QED) is 0.154. The molecule has 0 N–H and O–H groups in total. The molecule has 0 amide bonds. The number of fused-ring (bicyclic) bond motifs is 10. The standard InChI is InChI=1S/C61H43N3S/c1-38-26-31-54(62-61(46-20-13-19-41(32-46)39-14-3-2-4-15-39)63-60(38)45-29-30-49-44(33-45)28-27-40-16-7-8-21-48(40)49)53-36-47(37-58-59(53)51-23-10-12-25-57(51)65-58)64-55-24-11-9-22-50(55)52-34-42-17-5-6-18-43(42)35-56(52)64/h2-25,27-30,32-38,60H,26,31H2,1H3/t38-,60?/m1/s1. The van der Waals surface area contributed by atoms with Gasteiger partial charge < -0.3 is 4.57 Å². The molecule has 3 heterocycles. The van der Waals surface area contributed by atoms with Gasteiger partial charge in [-0.05, 0) is 116 Å². The lowest BCUT2D eigenvalue weighted by molar-refractivity contribution is 0.446. The summed E-state index contributed by atoms with van der Waals surface area (Å²) in [5, 5.41) is 12.6. The molecule has 0 aliphatic carbocycles. The summed E-state index contributed by atoms with van der Waals surface area (Å²) in [4.78, 5) is 11.6. The van der Waals surface area contributed by atoms with E-state index < -0.39 is 0 Å². The van der Waals surface area contributed by atoms with Crippen LogP contribution in [-0.2, 0) is 0 Å². The predicted octanol–water partition coefficient (Wildman–Crippen LogP) is 16.7. The Morgan fingerprint density at radius 3 is 2.05 bits per heavy atom. The number of rotatable bonds is 5. The van der Waals surface area contributed by atoms with Crippen LogP contribution >= 0.6 is 11.3 Å². The zero-order valence-electron chi connectivity index (χ0n) is 35.9. The fourth-order valence-corrected chi connectivity index (χ4v) is 11.7. The third-order valence-corrected chi connectivity index (χ3v) is 14.9. The molecule has 0 saturated carbocycles. The average molecular weight is 850 g/mol. The molecule has 308 valence electrons. The summed E-state index contributed by atoms with van der Waals surface area (Å²) in [6, 6.07) is 75.6. The largest absolute Gasteiger partial charge is 0.309 e. The monoisotopic (exact) mass is 849 g/mol. The molecule has 4 heteroatoms. The summed E-state index contributed by atoms with van der Waals surface area (Å²) in [5.74, 6) is 1.02. The Morgan fingerprint density at radius 1 is 0.477 bits per heavy atom. The molecule has 10 aromatic carbocycles. The minimum absolute atomic E-state index is 0.0766. The van der Waals surface area contributed by atoms with Gasteiger partial charge in [0.1, 0.15) is 0 Å². The summed E-state index contributed by atoms with van der Waals surface area (Å²) in [5.41, 5.74) is 10.4. The molecule has 1 aliphatic heterocycles. The molecular weight excluding hydrogens is 807 g/mol. The Kier molecular flexibility index (Phi) is 8.89. The molecular formula is C61H43N3S. The van der Waals surface area contributed by atoms with E-state index >= 15 is 0 Å². The maximum absolute atomic E-state index is 5.81. The van der Waals surface area contributed by atoms with E-state index in [1.54, 1.807) is 0 Å². The van der Waals surface area contributed by atoms with E-state index in [1.165, 1.54) is 91.0 Å². The number of amidine groups is 1. The first kappa shape index (κ1) is 37.9. The van der Waals surface area contributed by atoms with Gasteiger partial charge in [0.05, 0.1) is 22.8 Å². The van der Waals surface area contributed by atoms with Gasteiger partial charge in [0.2, 0.25) is 0 Å². The fourth-order valence-electron chi connectivity index (χ4n) is 10.5. The molecule has 13 rings (SSSR count). The fraction of sp³-hybridized carbons (Fsp3) is 0.0820. The van der Waals surface area contributed by atoms with E-state index in [2.05, 4.69) is 218 Å². The lowest BCUT2D eigenvalue weighted by Crippen LogP contribution is -2.18. The number of para-hydroxylation sites is 1. The number of benzene rings is 10. The van der Waals surface area contributed by atoms with Gasteiger partial charge in [-0.2, -0.15) is 0 Å². The zero-order valence-corrected chi connectivity index (χ0v) is 36.8. The molecule has 0 radical (unpaired) electrons. The van der Waals surface area contributed by atoms with Gasteiger partial charge in [-0.25, -0.2) is 4.99 Å². The molecule has 0 bridgehead atoms. The van der Waals surface area contributed by atoms with Crippen LogP contribution in [-0.4, -0.2) is 16.1 Å². The number of hydrogen-bond acceptors (Lipinski definition) is 3. The van der Waals surface area contributed by atoms with Crippen LogP contribution in [0.25, 0.3) is 91.1 Å². The van der Waals surface area contributed by atoms with Crippen molar-refractivity contribution in [2.24, 2.45) is 15.9 Å². The van der Waals surface area contributed by atoms with E-state index in [9.17, 15) is 0 Å². The van der Waals surface area contributed by atoms with Crippen LogP contribution in [0.2, 0.25) is 0 Å². The summed E-state index contributed by atoms with van der Waals surface area (Å²) in [6.45, 7) is 2.38. The van der Waals surface area contributed by atoms with Crippen molar-refractivity contribution in [3.8, 4) is 16.8 Å². The Morgan fingerprint density at radius 2 is 1.17 bits per heavy atom. The number of thiophene rings is 1. The molecule has 0 saturated heterocycles. The van der Waals surface area contributed by atoms with Crippen LogP contribution in [0.1, 0.15) is 42.5 Å². The third kappa shape index (κ3) is 6.39. The highest BCUT2D eigenvalue weighted by Crippen LogP contribution is 2.43. The first-order valence-electron chi connectivity index (χ1n) is 22.7. The first-order chi connectivity index (χ1) is 32.1. The molecule has 2 aromatic heterocycles. The smallest absolute Gasteiger partial charge is 0.155 e. The van der Waals surface area contributed by atoms with Crippen molar-refractivity contribution in [1.82, 2.24) is 4.57 Å². The van der Waals surface area contributed by atoms with Crippen LogP contribution in [0.5, 0.6) is 0 Å². The second kappa shape index (κ2) is 15.3. The third-order valence-electron chi connectivity index (χ3n) is 13.8. The van der Waals surface area contributed by atoms with E-state index in [0.717, 1.165) is 41.2 Å². The number of aliphatic imine (C=N–C) groups is 2. The van der Waals surface area contributed by atoms with Crippen molar-refractivity contribution in [3.05, 3.63) is 223 Å². The summed E-state index contributed by atoms with van der Waals surface area (Å²) >= 11 is 1.87. The number of nitrogens with zero attached hydrogens (tertiary/aromatic N) is 3.